The van der Waals surface area contributed by atoms with Gasteiger partial charge >= 0.3 is 5.97 Å². The van der Waals surface area contributed by atoms with Gasteiger partial charge in [0.2, 0.25) is 11.7 Å². The quantitative estimate of drug-likeness (QED) is 0.906. The summed E-state index contributed by atoms with van der Waals surface area (Å²) in [7, 11) is 0. The summed E-state index contributed by atoms with van der Waals surface area (Å²) in [5.74, 6) is -1.44. The van der Waals surface area contributed by atoms with Crippen LogP contribution < -0.4 is 5.32 Å². The van der Waals surface area contributed by atoms with Gasteiger partial charge in [-0.2, -0.15) is 0 Å². The molecule has 1 aromatic carbocycles. The number of amides is 1. The lowest BCUT2D eigenvalue weighted by Crippen LogP contribution is -2.30. The minimum absolute atomic E-state index is 0.0731. The SMILES string of the molecule is O=C(O)c1cc2cc(NC(=O)C3CCCOC3)ccc2o1. The molecular weight excluding hydrogens is 274 g/mol. The highest BCUT2D eigenvalue weighted by atomic mass is 16.5. The highest BCUT2D eigenvalue weighted by Gasteiger charge is 2.22. The zero-order chi connectivity index (χ0) is 14.8. The smallest absolute Gasteiger partial charge is 0.371 e. The molecule has 0 radical (unpaired) electrons. The van der Waals surface area contributed by atoms with Crippen LogP contribution in [0.4, 0.5) is 5.69 Å². The van der Waals surface area contributed by atoms with Crippen LogP contribution >= 0.6 is 0 Å². The number of hydrogen-bond acceptors (Lipinski definition) is 4. The number of carboxylic acids is 1. The molecule has 1 aliphatic rings. The van der Waals surface area contributed by atoms with E-state index < -0.39 is 5.97 Å². The number of anilines is 1. The molecule has 6 nitrogen and oxygen atoms in total. The van der Waals surface area contributed by atoms with Gasteiger partial charge in [0.15, 0.2) is 0 Å². The molecule has 1 unspecified atom stereocenters. The van der Waals surface area contributed by atoms with Crippen molar-refractivity contribution in [3.63, 3.8) is 0 Å². The Hall–Kier alpha value is -2.34. The normalized spacial score (nSPS) is 18.6. The third-order valence-electron chi connectivity index (χ3n) is 3.53. The fourth-order valence-corrected chi connectivity index (χ4v) is 2.42. The minimum atomic E-state index is -1.11. The van der Waals surface area contributed by atoms with Crippen LogP contribution in [0.25, 0.3) is 11.0 Å². The number of rotatable bonds is 3. The number of benzene rings is 1. The van der Waals surface area contributed by atoms with Crippen LogP contribution in [0.15, 0.2) is 28.7 Å². The van der Waals surface area contributed by atoms with Gasteiger partial charge < -0.3 is 19.6 Å². The van der Waals surface area contributed by atoms with Gasteiger partial charge in [-0.05, 0) is 37.1 Å². The van der Waals surface area contributed by atoms with Crippen LogP contribution in [0, 0.1) is 5.92 Å². The van der Waals surface area contributed by atoms with E-state index in [2.05, 4.69) is 5.32 Å². The summed E-state index contributed by atoms with van der Waals surface area (Å²) >= 11 is 0. The van der Waals surface area contributed by atoms with E-state index >= 15 is 0 Å². The maximum atomic E-state index is 12.1. The summed E-state index contributed by atoms with van der Waals surface area (Å²) in [6, 6.07) is 6.48. The first-order chi connectivity index (χ1) is 10.1. The van der Waals surface area contributed by atoms with Crippen LogP contribution in [0.2, 0.25) is 0 Å². The van der Waals surface area contributed by atoms with E-state index in [1.807, 2.05) is 0 Å². The monoisotopic (exact) mass is 289 g/mol. The summed E-state index contributed by atoms with van der Waals surface area (Å²) < 4.78 is 10.5. The second-order valence-electron chi connectivity index (χ2n) is 5.07. The number of carbonyl (C=O) groups excluding carboxylic acids is 1. The molecule has 2 heterocycles. The molecule has 0 bridgehead atoms. The molecule has 0 saturated carbocycles. The number of hydrogen-bond donors (Lipinski definition) is 2. The first kappa shape index (κ1) is 13.6. The molecule has 1 amide bonds. The van der Waals surface area contributed by atoms with Crippen LogP contribution in [0.3, 0.4) is 0 Å². The highest BCUT2D eigenvalue weighted by Crippen LogP contribution is 2.24. The predicted molar refractivity (Wildman–Crippen MR) is 75.3 cm³/mol. The van der Waals surface area contributed by atoms with Crippen LogP contribution in [0.5, 0.6) is 0 Å². The van der Waals surface area contributed by atoms with Gasteiger partial charge in [-0.3, -0.25) is 4.79 Å². The zero-order valence-electron chi connectivity index (χ0n) is 11.3. The summed E-state index contributed by atoms with van der Waals surface area (Å²) in [4.78, 5) is 23.0. The Morgan fingerprint density at radius 3 is 2.86 bits per heavy atom. The molecule has 21 heavy (non-hydrogen) atoms. The minimum Gasteiger partial charge on any atom is -0.475 e. The van der Waals surface area contributed by atoms with Crippen LogP contribution in [-0.4, -0.2) is 30.2 Å². The third-order valence-corrected chi connectivity index (χ3v) is 3.53. The van der Waals surface area contributed by atoms with Gasteiger partial charge in [-0.15, -0.1) is 0 Å². The van der Waals surface area contributed by atoms with Crippen molar-refractivity contribution in [2.45, 2.75) is 12.8 Å². The van der Waals surface area contributed by atoms with Crippen molar-refractivity contribution < 1.29 is 23.8 Å². The molecule has 1 atom stereocenters. The van der Waals surface area contributed by atoms with Crippen molar-refractivity contribution in [3.8, 4) is 0 Å². The first-order valence-electron chi connectivity index (χ1n) is 6.79. The molecule has 6 heteroatoms. The maximum Gasteiger partial charge on any atom is 0.371 e. The Bertz CT molecular complexity index is 684. The van der Waals surface area contributed by atoms with Gasteiger partial charge in [0.25, 0.3) is 0 Å². The number of carbonyl (C=O) groups is 2. The lowest BCUT2D eigenvalue weighted by Gasteiger charge is -2.21. The van der Waals surface area contributed by atoms with E-state index in [0.717, 1.165) is 12.8 Å². The molecule has 1 fully saturated rings. The van der Waals surface area contributed by atoms with Gasteiger partial charge in [-0.1, -0.05) is 0 Å². The summed E-state index contributed by atoms with van der Waals surface area (Å²) in [6.45, 7) is 1.16. The van der Waals surface area contributed by atoms with E-state index in [0.29, 0.717) is 29.9 Å². The molecule has 1 aromatic heterocycles. The van der Waals surface area contributed by atoms with Gasteiger partial charge in [-0.25, -0.2) is 4.79 Å². The Morgan fingerprint density at radius 2 is 2.14 bits per heavy atom. The standard InChI is InChI=1S/C15H15NO5/c17-14(9-2-1-5-20-8-9)16-11-3-4-12-10(6-11)7-13(21-12)15(18)19/h3-4,6-7,9H,1-2,5,8H2,(H,16,17)(H,18,19). The topological polar surface area (TPSA) is 88.8 Å². The third kappa shape index (κ3) is 2.90. The largest absolute Gasteiger partial charge is 0.475 e. The molecule has 1 aliphatic heterocycles. The van der Waals surface area contributed by atoms with E-state index in [1.54, 1.807) is 18.2 Å². The van der Waals surface area contributed by atoms with E-state index in [4.69, 9.17) is 14.3 Å². The average Bonchev–Trinajstić information content (AvgIpc) is 2.91. The Morgan fingerprint density at radius 1 is 1.29 bits per heavy atom. The Labute approximate surface area is 120 Å². The fraction of sp³-hybridized carbons (Fsp3) is 0.333. The van der Waals surface area contributed by atoms with Gasteiger partial charge in [0.05, 0.1) is 12.5 Å². The molecule has 1 saturated heterocycles. The predicted octanol–water partition coefficient (Wildman–Crippen LogP) is 2.50. The lowest BCUT2D eigenvalue weighted by molar-refractivity contribution is -0.123. The van der Waals surface area contributed by atoms with Crippen molar-refractivity contribution >= 4 is 28.5 Å². The van der Waals surface area contributed by atoms with Crippen molar-refractivity contribution in [1.82, 2.24) is 0 Å². The summed E-state index contributed by atoms with van der Waals surface area (Å²) in [5, 5.41) is 12.4. The highest BCUT2D eigenvalue weighted by molar-refractivity contribution is 5.96. The number of nitrogens with one attached hydrogen (secondary N) is 1. The summed E-state index contributed by atoms with van der Waals surface area (Å²) in [6.07, 6.45) is 1.71. The van der Waals surface area contributed by atoms with Crippen molar-refractivity contribution in [3.05, 3.63) is 30.0 Å². The number of furan rings is 1. The zero-order valence-corrected chi connectivity index (χ0v) is 11.3. The van der Waals surface area contributed by atoms with Gasteiger partial charge in [0.1, 0.15) is 5.58 Å². The van der Waals surface area contributed by atoms with E-state index in [-0.39, 0.29) is 17.6 Å². The molecule has 0 aliphatic carbocycles. The molecule has 2 aromatic rings. The summed E-state index contributed by atoms with van der Waals surface area (Å²) in [5.41, 5.74) is 1.10. The number of ether oxygens (including phenoxy) is 1. The maximum absolute atomic E-state index is 12.1. The van der Waals surface area contributed by atoms with Crippen LogP contribution in [-0.2, 0) is 9.53 Å². The second-order valence-corrected chi connectivity index (χ2v) is 5.07. The number of aromatic carboxylic acids is 1. The van der Waals surface area contributed by atoms with E-state index in [9.17, 15) is 9.59 Å². The molecule has 110 valence electrons. The fourth-order valence-electron chi connectivity index (χ4n) is 2.42. The lowest BCUT2D eigenvalue weighted by atomic mass is 10.0. The number of carboxylic acid groups (broad SMARTS) is 1. The first-order valence-corrected chi connectivity index (χ1v) is 6.79. The van der Waals surface area contributed by atoms with Crippen molar-refractivity contribution in [2.24, 2.45) is 5.92 Å². The van der Waals surface area contributed by atoms with Crippen molar-refractivity contribution in [1.29, 1.82) is 0 Å². The second kappa shape index (κ2) is 5.57. The van der Waals surface area contributed by atoms with Crippen molar-refractivity contribution in [2.75, 3.05) is 18.5 Å². The number of fused-ring (bicyclic) bond motifs is 1. The molecule has 2 N–H and O–H groups in total. The molecule has 3 rings (SSSR count). The van der Waals surface area contributed by atoms with E-state index in [1.165, 1.54) is 6.07 Å². The average molecular weight is 289 g/mol. The molecular formula is C15H15NO5. The Kier molecular flexibility index (Phi) is 3.62. The van der Waals surface area contributed by atoms with Gasteiger partial charge in [0, 0.05) is 17.7 Å². The molecule has 0 spiro atoms. The Balaban J connectivity index is 1.77. The van der Waals surface area contributed by atoms with Crippen LogP contribution in [0.1, 0.15) is 23.4 Å².